The molecule has 158 valence electrons. The molecular weight excluding hydrogens is 410 g/mol. The number of anilines is 2. The van der Waals surface area contributed by atoms with E-state index in [-0.39, 0.29) is 18.0 Å². The molecule has 1 aliphatic heterocycles. The van der Waals surface area contributed by atoms with Gasteiger partial charge in [0.2, 0.25) is 0 Å². The Hall–Kier alpha value is -3.31. The number of urea groups is 1. The van der Waals surface area contributed by atoms with Crippen LogP contribution in [0.15, 0.2) is 66.7 Å². The third-order valence-corrected chi connectivity index (χ3v) is 5.98. The van der Waals surface area contributed by atoms with Crippen molar-refractivity contribution in [1.82, 2.24) is 5.32 Å². The van der Waals surface area contributed by atoms with Crippen molar-refractivity contribution in [3.05, 3.63) is 94.0 Å². The normalized spacial score (nSPS) is 14.8. The quantitative estimate of drug-likeness (QED) is 0.565. The molecule has 1 aliphatic rings. The lowest BCUT2D eigenvalue weighted by Crippen LogP contribution is -2.35. The molecule has 5 nitrogen and oxygen atoms in total. The minimum Gasteiger partial charge on any atom is -0.334 e. The molecule has 1 atom stereocenters. The highest BCUT2D eigenvalue weighted by molar-refractivity contribution is 6.31. The van der Waals surface area contributed by atoms with E-state index in [0.717, 1.165) is 28.8 Å². The van der Waals surface area contributed by atoms with Crippen LogP contribution in [0.5, 0.6) is 0 Å². The highest BCUT2D eigenvalue weighted by atomic mass is 35.5. The summed E-state index contributed by atoms with van der Waals surface area (Å²) < 4.78 is 0. The fraction of sp³-hybridized carbons (Fsp3) is 0.200. The molecule has 0 bridgehead atoms. The Labute approximate surface area is 187 Å². The second kappa shape index (κ2) is 8.82. The smallest absolute Gasteiger partial charge is 0.319 e. The van der Waals surface area contributed by atoms with E-state index in [1.54, 1.807) is 12.1 Å². The van der Waals surface area contributed by atoms with Crippen molar-refractivity contribution in [2.24, 2.45) is 0 Å². The van der Waals surface area contributed by atoms with E-state index in [9.17, 15) is 9.59 Å². The van der Waals surface area contributed by atoms with E-state index in [1.165, 1.54) is 0 Å². The molecule has 31 heavy (non-hydrogen) atoms. The van der Waals surface area contributed by atoms with Gasteiger partial charge in [-0.3, -0.25) is 4.79 Å². The van der Waals surface area contributed by atoms with Crippen molar-refractivity contribution in [1.29, 1.82) is 0 Å². The Morgan fingerprint density at radius 2 is 1.84 bits per heavy atom. The molecule has 0 aliphatic carbocycles. The predicted molar refractivity (Wildman–Crippen MR) is 125 cm³/mol. The summed E-state index contributed by atoms with van der Waals surface area (Å²) in [5.41, 5.74) is 5.14. The zero-order valence-corrected chi connectivity index (χ0v) is 18.2. The number of benzene rings is 3. The van der Waals surface area contributed by atoms with Crippen molar-refractivity contribution in [2.75, 3.05) is 10.2 Å². The molecule has 3 aromatic rings. The number of rotatable bonds is 4. The highest BCUT2D eigenvalue weighted by Gasteiger charge is 2.31. The summed E-state index contributed by atoms with van der Waals surface area (Å²) >= 11 is 6.12. The molecule has 0 saturated carbocycles. The van der Waals surface area contributed by atoms with Crippen molar-refractivity contribution in [3.8, 4) is 0 Å². The van der Waals surface area contributed by atoms with Crippen LogP contribution in [-0.4, -0.2) is 18.0 Å². The number of halogens is 1. The van der Waals surface area contributed by atoms with Gasteiger partial charge in [-0.25, -0.2) is 4.79 Å². The zero-order valence-electron chi connectivity index (χ0n) is 17.5. The van der Waals surface area contributed by atoms with Crippen LogP contribution in [0.4, 0.5) is 16.2 Å². The molecule has 0 spiro atoms. The van der Waals surface area contributed by atoms with Gasteiger partial charge in [0.15, 0.2) is 0 Å². The summed E-state index contributed by atoms with van der Waals surface area (Å²) in [5, 5.41) is 6.31. The van der Waals surface area contributed by atoms with Crippen LogP contribution in [0.25, 0.3) is 0 Å². The van der Waals surface area contributed by atoms with Gasteiger partial charge in [-0.2, -0.15) is 0 Å². The Balaban J connectivity index is 1.47. The van der Waals surface area contributed by atoms with Gasteiger partial charge in [0.05, 0.1) is 0 Å². The topological polar surface area (TPSA) is 61.4 Å². The SMILES string of the molecule is Cc1c(Cl)cccc1NC(=O)NCc1ccc2c(c1)N(C(=O)c1ccccc1)[C@H](C)C2. The summed E-state index contributed by atoms with van der Waals surface area (Å²) in [6.45, 7) is 4.26. The van der Waals surface area contributed by atoms with Crippen LogP contribution in [0.1, 0.15) is 34.0 Å². The maximum atomic E-state index is 13.1. The van der Waals surface area contributed by atoms with Gasteiger partial charge < -0.3 is 15.5 Å². The van der Waals surface area contributed by atoms with Crippen LogP contribution < -0.4 is 15.5 Å². The van der Waals surface area contributed by atoms with Crippen molar-refractivity contribution in [2.45, 2.75) is 32.9 Å². The van der Waals surface area contributed by atoms with Crippen LogP contribution in [0, 0.1) is 6.92 Å². The van der Waals surface area contributed by atoms with Gasteiger partial charge in [-0.05, 0) is 67.3 Å². The maximum Gasteiger partial charge on any atom is 0.319 e. The number of carbonyl (C=O) groups excluding carboxylic acids is 2. The van der Waals surface area contributed by atoms with Crippen LogP contribution in [-0.2, 0) is 13.0 Å². The van der Waals surface area contributed by atoms with Crippen molar-refractivity contribution >= 4 is 34.9 Å². The number of hydrogen-bond acceptors (Lipinski definition) is 2. The molecule has 0 aromatic heterocycles. The third kappa shape index (κ3) is 4.42. The highest BCUT2D eigenvalue weighted by Crippen LogP contribution is 2.34. The minimum atomic E-state index is -0.309. The number of amides is 3. The Morgan fingerprint density at radius 1 is 1.06 bits per heavy atom. The summed E-state index contributed by atoms with van der Waals surface area (Å²) in [7, 11) is 0. The Bertz CT molecular complexity index is 1130. The first-order valence-electron chi connectivity index (χ1n) is 10.2. The standard InChI is InChI=1S/C25H24ClN3O2/c1-16-13-20-12-11-18(14-23(20)29(16)24(30)19-7-4-3-5-8-19)15-27-25(31)28-22-10-6-9-21(26)17(22)2/h3-12,14,16H,13,15H2,1-2H3,(H2,27,28,31)/t16-/m1/s1. The molecule has 2 N–H and O–H groups in total. The van der Waals surface area contributed by atoms with Gasteiger partial charge in [-0.15, -0.1) is 0 Å². The number of nitrogens with zero attached hydrogens (tertiary/aromatic N) is 1. The van der Waals surface area contributed by atoms with E-state index in [1.807, 2.05) is 66.4 Å². The summed E-state index contributed by atoms with van der Waals surface area (Å²) in [6, 6.07) is 20.5. The summed E-state index contributed by atoms with van der Waals surface area (Å²) in [5.74, 6) is -0.00821. The first-order chi connectivity index (χ1) is 14.9. The van der Waals surface area contributed by atoms with E-state index >= 15 is 0 Å². The molecule has 4 rings (SSSR count). The van der Waals surface area contributed by atoms with Crippen molar-refractivity contribution < 1.29 is 9.59 Å². The average molecular weight is 434 g/mol. The first-order valence-corrected chi connectivity index (χ1v) is 10.6. The zero-order chi connectivity index (χ0) is 22.0. The maximum absolute atomic E-state index is 13.1. The molecule has 0 radical (unpaired) electrons. The van der Waals surface area contributed by atoms with E-state index < -0.39 is 0 Å². The molecule has 0 unspecified atom stereocenters. The summed E-state index contributed by atoms with van der Waals surface area (Å²) in [6.07, 6.45) is 0.816. The molecule has 6 heteroatoms. The van der Waals surface area contributed by atoms with Gasteiger partial charge in [0.25, 0.3) is 5.91 Å². The van der Waals surface area contributed by atoms with Gasteiger partial charge in [0.1, 0.15) is 0 Å². The second-order valence-electron chi connectivity index (χ2n) is 7.78. The lowest BCUT2D eigenvalue weighted by atomic mass is 10.1. The molecule has 0 saturated heterocycles. The Kier molecular flexibility index (Phi) is 5.96. The number of hydrogen-bond donors (Lipinski definition) is 2. The fourth-order valence-corrected chi connectivity index (χ4v) is 4.06. The molecule has 0 fully saturated rings. The first kappa shape index (κ1) is 20.9. The van der Waals surface area contributed by atoms with Gasteiger partial charge >= 0.3 is 6.03 Å². The lowest BCUT2D eigenvalue weighted by Gasteiger charge is -2.23. The largest absolute Gasteiger partial charge is 0.334 e. The third-order valence-electron chi connectivity index (χ3n) is 5.57. The predicted octanol–water partition coefficient (Wildman–Crippen LogP) is 5.56. The number of carbonyl (C=O) groups is 2. The lowest BCUT2D eigenvalue weighted by molar-refractivity contribution is 0.0981. The number of nitrogens with one attached hydrogen (secondary N) is 2. The number of fused-ring (bicyclic) bond motifs is 1. The van der Waals surface area contributed by atoms with Gasteiger partial charge in [-0.1, -0.05) is 48.0 Å². The Morgan fingerprint density at radius 3 is 2.61 bits per heavy atom. The summed E-state index contributed by atoms with van der Waals surface area (Å²) in [4.78, 5) is 27.3. The van der Waals surface area contributed by atoms with E-state index in [0.29, 0.717) is 22.8 Å². The van der Waals surface area contributed by atoms with Crippen LogP contribution in [0.3, 0.4) is 0 Å². The van der Waals surface area contributed by atoms with Crippen LogP contribution in [0.2, 0.25) is 5.02 Å². The fourth-order valence-electron chi connectivity index (χ4n) is 3.88. The molecule has 3 amide bonds. The molecular formula is C25H24ClN3O2. The molecule has 1 heterocycles. The molecule has 3 aromatic carbocycles. The average Bonchev–Trinajstić information content (AvgIpc) is 3.10. The van der Waals surface area contributed by atoms with Crippen LogP contribution >= 0.6 is 11.6 Å². The van der Waals surface area contributed by atoms with Crippen molar-refractivity contribution in [3.63, 3.8) is 0 Å². The van der Waals surface area contributed by atoms with Gasteiger partial charge in [0, 0.05) is 34.5 Å². The van der Waals surface area contributed by atoms with E-state index in [4.69, 9.17) is 11.6 Å². The second-order valence-corrected chi connectivity index (χ2v) is 8.18. The minimum absolute atomic E-state index is 0.00821. The monoisotopic (exact) mass is 433 g/mol. The van der Waals surface area contributed by atoms with E-state index in [2.05, 4.69) is 17.6 Å².